The van der Waals surface area contributed by atoms with Crippen LogP contribution >= 0.6 is 15.9 Å². The number of rotatable bonds is 3. The number of nitrogen functional groups attached to an aromatic ring is 1. The smallest absolute Gasteiger partial charge is 0.222 e. The summed E-state index contributed by atoms with van der Waals surface area (Å²) in [6.45, 7) is 4.31. The number of hydrogen-bond donors (Lipinski definition) is 2. The summed E-state index contributed by atoms with van der Waals surface area (Å²) in [6, 6.07) is 8.15. The second kappa shape index (κ2) is 5.35. The predicted molar refractivity (Wildman–Crippen MR) is 78.0 cm³/mol. The normalized spacial score (nSPS) is 10.7. The van der Waals surface area contributed by atoms with E-state index in [1.165, 1.54) is 5.56 Å². The molecule has 94 valence electrons. The first kappa shape index (κ1) is 12.8. The fraction of sp³-hybridized carbons (Fsp3) is 0.231. The number of para-hydroxylation sites is 1. The molecule has 0 aliphatic heterocycles. The number of aromatic nitrogens is 2. The lowest BCUT2D eigenvalue weighted by atomic mass is 10.0. The Balaban J connectivity index is 2.37. The van der Waals surface area contributed by atoms with Gasteiger partial charge in [-0.15, -0.1) is 0 Å². The van der Waals surface area contributed by atoms with Crippen molar-refractivity contribution in [2.75, 3.05) is 11.1 Å². The van der Waals surface area contributed by atoms with E-state index in [0.29, 0.717) is 11.7 Å². The van der Waals surface area contributed by atoms with Crippen LogP contribution in [0.15, 0.2) is 34.9 Å². The molecule has 0 aliphatic rings. The maximum absolute atomic E-state index is 5.60. The lowest BCUT2D eigenvalue weighted by Gasteiger charge is -2.14. The highest BCUT2D eigenvalue weighted by molar-refractivity contribution is 9.10. The van der Waals surface area contributed by atoms with Crippen molar-refractivity contribution in [3.8, 4) is 0 Å². The topological polar surface area (TPSA) is 63.8 Å². The first-order chi connectivity index (χ1) is 8.58. The highest BCUT2D eigenvalue weighted by Crippen LogP contribution is 2.29. The SMILES string of the molecule is CC(C)c1ccccc1Nc1nc(N)ncc1Br. The van der Waals surface area contributed by atoms with Crippen molar-refractivity contribution >= 4 is 33.4 Å². The average molecular weight is 307 g/mol. The lowest BCUT2D eigenvalue weighted by Crippen LogP contribution is -2.03. The number of anilines is 3. The van der Waals surface area contributed by atoms with E-state index in [0.717, 1.165) is 10.2 Å². The zero-order valence-electron chi connectivity index (χ0n) is 10.3. The van der Waals surface area contributed by atoms with E-state index >= 15 is 0 Å². The molecule has 0 aliphatic carbocycles. The van der Waals surface area contributed by atoms with Crippen molar-refractivity contribution < 1.29 is 0 Å². The maximum Gasteiger partial charge on any atom is 0.222 e. The minimum absolute atomic E-state index is 0.253. The molecule has 1 aromatic heterocycles. The summed E-state index contributed by atoms with van der Waals surface area (Å²) in [6.07, 6.45) is 1.64. The molecule has 0 bridgehead atoms. The zero-order chi connectivity index (χ0) is 13.1. The third kappa shape index (κ3) is 2.79. The third-order valence-electron chi connectivity index (χ3n) is 2.60. The zero-order valence-corrected chi connectivity index (χ0v) is 11.9. The molecule has 0 saturated carbocycles. The van der Waals surface area contributed by atoms with Gasteiger partial charge in [0, 0.05) is 11.9 Å². The molecule has 0 saturated heterocycles. The number of halogens is 1. The van der Waals surface area contributed by atoms with E-state index in [4.69, 9.17) is 5.73 Å². The van der Waals surface area contributed by atoms with E-state index < -0.39 is 0 Å². The van der Waals surface area contributed by atoms with Crippen LogP contribution < -0.4 is 11.1 Å². The molecule has 0 spiro atoms. The molecule has 1 aromatic carbocycles. The molecule has 2 rings (SSSR count). The van der Waals surface area contributed by atoms with Crippen LogP contribution in [-0.2, 0) is 0 Å². The van der Waals surface area contributed by atoms with Gasteiger partial charge >= 0.3 is 0 Å². The lowest BCUT2D eigenvalue weighted by molar-refractivity contribution is 0.869. The van der Waals surface area contributed by atoms with Crippen LogP contribution in [0.2, 0.25) is 0 Å². The fourth-order valence-electron chi connectivity index (χ4n) is 1.71. The summed E-state index contributed by atoms with van der Waals surface area (Å²) >= 11 is 3.41. The molecule has 2 aromatic rings. The van der Waals surface area contributed by atoms with E-state index in [2.05, 4.69) is 51.1 Å². The monoisotopic (exact) mass is 306 g/mol. The summed E-state index contributed by atoms with van der Waals surface area (Å²) in [5.41, 5.74) is 7.87. The van der Waals surface area contributed by atoms with Crippen LogP contribution in [0.5, 0.6) is 0 Å². The summed E-state index contributed by atoms with van der Waals surface area (Å²) in [4.78, 5) is 8.10. The van der Waals surface area contributed by atoms with Crippen LogP contribution in [0, 0.1) is 0 Å². The van der Waals surface area contributed by atoms with Gasteiger partial charge in [-0.05, 0) is 33.5 Å². The first-order valence-electron chi connectivity index (χ1n) is 5.72. The van der Waals surface area contributed by atoms with Gasteiger partial charge in [0.2, 0.25) is 5.95 Å². The van der Waals surface area contributed by atoms with Crippen LogP contribution in [-0.4, -0.2) is 9.97 Å². The Morgan fingerprint density at radius 2 is 2.00 bits per heavy atom. The molecule has 5 heteroatoms. The van der Waals surface area contributed by atoms with Gasteiger partial charge in [-0.3, -0.25) is 0 Å². The van der Waals surface area contributed by atoms with Crippen molar-refractivity contribution in [3.63, 3.8) is 0 Å². The maximum atomic E-state index is 5.60. The molecule has 1 heterocycles. The Bertz CT molecular complexity index is 554. The van der Waals surface area contributed by atoms with Crippen LogP contribution in [0.4, 0.5) is 17.5 Å². The van der Waals surface area contributed by atoms with Crippen molar-refractivity contribution in [2.45, 2.75) is 19.8 Å². The van der Waals surface area contributed by atoms with E-state index in [1.54, 1.807) is 6.20 Å². The van der Waals surface area contributed by atoms with E-state index in [-0.39, 0.29) is 5.95 Å². The molecule has 3 N–H and O–H groups in total. The molecule has 0 unspecified atom stereocenters. The molecule has 18 heavy (non-hydrogen) atoms. The molecular formula is C13H15BrN4. The van der Waals surface area contributed by atoms with Gasteiger partial charge in [-0.1, -0.05) is 32.0 Å². The predicted octanol–water partition coefficient (Wildman–Crippen LogP) is 3.69. The Labute approximate surface area is 115 Å². The van der Waals surface area contributed by atoms with Gasteiger partial charge < -0.3 is 11.1 Å². The minimum atomic E-state index is 0.253. The molecular weight excluding hydrogens is 292 g/mol. The van der Waals surface area contributed by atoms with Crippen LogP contribution in [0.1, 0.15) is 25.3 Å². The Morgan fingerprint density at radius 1 is 1.28 bits per heavy atom. The molecule has 0 radical (unpaired) electrons. The number of nitrogens with two attached hydrogens (primary N) is 1. The number of nitrogens with zero attached hydrogens (tertiary/aromatic N) is 2. The summed E-state index contributed by atoms with van der Waals surface area (Å²) in [5, 5.41) is 3.28. The highest BCUT2D eigenvalue weighted by Gasteiger charge is 2.09. The highest BCUT2D eigenvalue weighted by atomic mass is 79.9. The Kier molecular flexibility index (Phi) is 3.81. The van der Waals surface area contributed by atoms with Gasteiger partial charge in [0.25, 0.3) is 0 Å². The van der Waals surface area contributed by atoms with Crippen molar-refractivity contribution in [1.82, 2.24) is 9.97 Å². The van der Waals surface area contributed by atoms with Gasteiger partial charge in [-0.2, -0.15) is 4.98 Å². The number of nitrogens with one attached hydrogen (secondary N) is 1. The average Bonchev–Trinajstić information content (AvgIpc) is 2.34. The van der Waals surface area contributed by atoms with Crippen molar-refractivity contribution in [2.24, 2.45) is 0 Å². The molecule has 0 atom stereocenters. The number of benzene rings is 1. The second-order valence-electron chi connectivity index (χ2n) is 4.29. The summed E-state index contributed by atoms with van der Waals surface area (Å²) in [5.74, 6) is 1.37. The molecule has 0 amide bonds. The van der Waals surface area contributed by atoms with Gasteiger partial charge in [0.05, 0.1) is 4.47 Å². The quantitative estimate of drug-likeness (QED) is 0.908. The van der Waals surface area contributed by atoms with Crippen molar-refractivity contribution in [3.05, 3.63) is 40.5 Å². The molecule has 0 fully saturated rings. The summed E-state index contributed by atoms with van der Waals surface area (Å²) in [7, 11) is 0. The fourth-order valence-corrected chi connectivity index (χ4v) is 2.00. The van der Waals surface area contributed by atoms with Crippen LogP contribution in [0.25, 0.3) is 0 Å². The van der Waals surface area contributed by atoms with Crippen molar-refractivity contribution in [1.29, 1.82) is 0 Å². The third-order valence-corrected chi connectivity index (χ3v) is 3.18. The van der Waals surface area contributed by atoms with Crippen LogP contribution in [0.3, 0.4) is 0 Å². The Hall–Kier alpha value is -1.62. The van der Waals surface area contributed by atoms with E-state index in [9.17, 15) is 0 Å². The standard InChI is InChI=1S/C13H15BrN4/c1-8(2)9-5-3-4-6-11(9)17-12-10(14)7-16-13(15)18-12/h3-8H,1-2H3,(H3,15,16,17,18). The first-order valence-corrected chi connectivity index (χ1v) is 6.51. The largest absolute Gasteiger partial charge is 0.368 e. The van der Waals surface area contributed by atoms with Gasteiger partial charge in [0.1, 0.15) is 5.82 Å². The number of hydrogen-bond acceptors (Lipinski definition) is 4. The molecule has 4 nitrogen and oxygen atoms in total. The Morgan fingerprint density at radius 3 is 2.72 bits per heavy atom. The van der Waals surface area contributed by atoms with Gasteiger partial charge in [-0.25, -0.2) is 4.98 Å². The second-order valence-corrected chi connectivity index (χ2v) is 5.15. The van der Waals surface area contributed by atoms with Gasteiger partial charge in [0.15, 0.2) is 0 Å². The summed E-state index contributed by atoms with van der Waals surface area (Å²) < 4.78 is 0.787. The minimum Gasteiger partial charge on any atom is -0.368 e. The van der Waals surface area contributed by atoms with E-state index in [1.807, 2.05) is 18.2 Å².